The number of nitrogens with one attached hydrogen (secondary N) is 2. The van der Waals surface area contributed by atoms with Crippen LogP contribution < -0.4 is 16.0 Å². The minimum absolute atomic E-state index is 0.0858. The third-order valence-electron chi connectivity index (χ3n) is 3.13. The fraction of sp³-hybridized carbons (Fsp3) is 0.545. The maximum absolute atomic E-state index is 12.2. The van der Waals surface area contributed by atoms with Crippen LogP contribution in [0.15, 0.2) is 23.4 Å². The van der Waals surface area contributed by atoms with Crippen molar-refractivity contribution in [2.75, 3.05) is 23.5 Å². The fourth-order valence-corrected chi connectivity index (χ4v) is 4.40. The number of hydrogen-bond donors (Lipinski definition) is 3. The van der Waals surface area contributed by atoms with E-state index in [2.05, 4.69) is 15.1 Å². The van der Waals surface area contributed by atoms with Crippen LogP contribution >= 0.6 is 11.8 Å². The molecule has 0 aromatic carbocycles. The molecule has 0 atom stereocenters. The molecule has 6 nitrogen and oxygen atoms in total. The normalized spacial score (nSPS) is 17.3. The van der Waals surface area contributed by atoms with Crippen LogP contribution in [0.5, 0.6) is 0 Å². The average Bonchev–Trinajstić information content (AvgIpc) is 2.46. The van der Waals surface area contributed by atoms with Crippen LogP contribution in [0.1, 0.15) is 12.8 Å². The first-order chi connectivity index (χ1) is 9.13. The predicted molar refractivity (Wildman–Crippen MR) is 77.3 cm³/mol. The molecule has 0 spiro atoms. The Kier molecular flexibility index (Phi) is 5.03. The Bertz CT molecular complexity index is 515. The van der Waals surface area contributed by atoms with Crippen molar-refractivity contribution in [2.24, 2.45) is 11.8 Å². The topological polar surface area (TPSA) is 97.1 Å². The Morgan fingerprint density at radius 3 is 2.84 bits per heavy atom. The lowest BCUT2D eigenvalue weighted by molar-refractivity contribution is 0.476. The van der Waals surface area contributed by atoms with Crippen LogP contribution in [0.4, 0.5) is 5.69 Å². The van der Waals surface area contributed by atoms with Gasteiger partial charge in [0.15, 0.2) is 0 Å². The number of rotatable bonds is 5. The van der Waals surface area contributed by atoms with Crippen molar-refractivity contribution in [2.45, 2.75) is 17.7 Å². The molecule has 1 fully saturated rings. The molecule has 0 amide bonds. The number of aromatic nitrogens is 1. The summed E-state index contributed by atoms with van der Waals surface area (Å²) in [5.74, 6) is 7.94. The maximum Gasteiger partial charge on any atom is 0.244 e. The van der Waals surface area contributed by atoms with E-state index in [1.165, 1.54) is 18.5 Å². The van der Waals surface area contributed by atoms with Gasteiger partial charge in [0.1, 0.15) is 4.90 Å². The molecule has 106 valence electrons. The number of hydrogen-bond acceptors (Lipinski definition) is 6. The van der Waals surface area contributed by atoms with Crippen LogP contribution in [-0.2, 0) is 10.0 Å². The van der Waals surface area contributed by atoms with Crippen molar-refractivity contribution in [1.82, 2.24) is 9.71 Å². The summed E-state index contributed by atoms with van der Waals surface area (Å²) in [6, 6.07) is 1.53. The molecule has 1 aliphatic heterocycles. The smallest absolute Gasteiger partial charge is 0.244 e. The number of anilines is 1. The Balaban J connectivity index is 2.05. The number of nitrogens with two attached hydrogens (primary N) is 1. The zero-order valence-electron chi connectivity index (χ0n) is 10.5. The summed E-state index contributed by atoms with van der Waals surface area (Å²) in [7, 11) is -3.56. The minimum atomic E-state index is -3.56. The number of thioether (sulfide) groups is 1. The Morgan fingerprint density at radius 2 is 2.16 bits per heavy atom. The zero-order valence-corrected chi connectivity index (χ0v) is 12.1. The van der Waals surface area contributed by atoms with Gasteiger partial charge in [-0.25, -0.2) is 13.1 Å². The minimum Gasteiger partial charge on any atom is -0.323 e. The summed E-state index contributed by atoms with van der Waals surface area (Å²) in [5, 5.41) is 0. The van der Waals surface area contributed by atoms with E-state index < -0.39 is 10.0 Å². The van der Waals surface area contributed by atoms with Crippen LogP contribution in [0, 0.1) is 5.92 Å². The van der Waals surface area contributed by atoms with E-state index >= 15 is 0 Å². The molecule has 0 radical (unpaired) electrons. The van der Waals surface area contributed by atoms with E-state index in [4.69, 9.17) is 5.84 Å². The van der Waals surface area contributed by atoms with E-state index in [9.17, 15) is 8.42 Å². The predicted octanol–water partition coefficient (Wildman–Crippen LogP) is 0.789. The van der Waals surface area contributed by atoms with Crippen molar-refractivity contribution in [3.63, 3.8) is 0 Å². The van der Waals surface area contributed by atoms with E-state index in [-0.39, 0.29) is 4.90 Å². The summed E-state index contributed by atoms with van der Waals surface area (Å²) in [6.07, 6.45) is 4.91. The van der Waals surface area contributed by atoms with Gasteiger partial charge in [0.25, 0.3) is 0 Å². The number of pyridine rings is 1. The van der Waals surface area contributed by atoms with E-state index in [0.717, 1.165) is 24.3 Å². The lowest BCUT2D eigenvalue weighted by atomic mass is 10.0. The third kappa shape index (κ3) is 3.82. The second-order valence-electron chi connectivity index (χ2n) is 4.42. The molecule has 0 aliphatic carbocycles. The second-order valence-corrected chi connectivity index (χ2v) is 7.38. The molecule has 2 heterocycles. The summed E-state index contributed by atoms with van der Waals surface area (Å²) < 4.78 is 27.1. The van der Waals surface area contributed by atoms with Crippen molar-refractivity contribution in [1.29, 1.82) is 0 Å². The van der Waals surface area contributed by atoms with Crippen LogP contribution in [0.25, 0.3) is 0 Å². The molecular weight excluding hydrogens is 284 g/mol. The summed E-state index contributed by atoms with van der Waals surface area (Å²) in [6.45, 7) is 0.474. The molecule has 1 aromatic heterocycles. The summed E-state index contributed by atoms with van der Waals surface area (Å²) in [4.78, 5) is 3.92. The van der Waals surface area contributed by atoms with Gasteiger partial charge >= 0.3 is 0 Å². The molecule has 8 heteroatoms. The number of nitrogen functional groups attached to an aromatic ring is 1. The van der Waals surface area contributed by atoms with Crippen LogP contribution in [0.3, 0.4) is 0 Å². The van der Waals surface area contributed by atoms with Gasteiger partial charge in [-0.1, -0.05) is 0 Å². The van der Waals surface area contributed by atoms with E-state index in [1.807, 2.05) is 11.8 Å². The molecule has 0 bridgehead atoms. The highest BCUT2D eigenvalue weighted by Gasteiger charge is 2.21. The van der Waals surface area contributed by atoms with Gasteiger partial charge in [-0.15, -0.1) is 0 Å². The highest BCUT2D eigenvalue weighted by atomic mass is 32.2. The number of nitrogens with zero attached hydrogens (tertiary/aromatic N) is 1. The molecular formula is C11H18N4O2S2. The van der Waals surface area contributed by atoms with Gasteiger partial charge in [-0.3, -0.25) is 10.8 Å². The van der Waals surface area contributed by atoms with Gasteiger partial charge in [0.05, 0.1) is 5.69 Å². The third-order valence-corrected chi connectivity index (χ3v) is 5.63. The first kappa shape index (κ1) is 14.6. The molecule has 1 saturated heterocycles. The summed E-state index contributed by atoms with van der Waals surface area (Å²) in [5.41, 5.74) is 2.73. The summed E-state index contributed by atoms with van der Waals surface area (Å²) >= 11 is 1.92. The highest BCUT2D eigenvalue weighted by Crippen LogP contribution is 2.23. The van der Waals surface area contributed by atoms with Gasteiger partial charge in [-0.2, -0.15) is 11.8 Å². The lowest BCUT2D eigenvalue weighted by Crippen LogP contribution is -2.31. The maximum atomic E-state index is 12.2. The van der Waals surface area contributed by atoms with E-state index in [1.54, 1.807) is 0 Å². The Hall–Kier alpha value is -0.830. The van der Waals surface area contributed by atoms with Crippen LogP contribution in [0.2, 0.25) is 0 Å². The van der Waals surface area contributed by atoms with Gasteiger partial charge in [0, 0.05) is 18.9 Å². The molecule has 2 rings (SSSR count). The van der Waals surface area contributed by atoms with Crippen molar-refractivity contribution in [3.05, 3.63) is 18.5 Å². The molecule has 1 aliphatic rings. The fourth-order valence-electron chi connectivity index (χ4n) is 1.97. The van der Waals surface area contributed by atoms with Crippen molar-refractivity contribution < 1.29 is 8.42 Å². The highest BCUT2D eigenvalue weighted by molar-refractivity contribution is 7.99. The standard InChI is InChI=1S/C11H18N4O2S2/c12-15-10-1-4-13-8-11(10)19(16,17)14-7-9-2-5-18-6-3-9/h1,4,8-9,14H,2-3,5-7,12H2,(H,13,15). The monoisotopic (exact) mass is 302 g/mol. The van der Waals surface area contributed by atoms with E-state index in [0.29, 0.717) is 18.2 Å². The Labute approximate surface area is 117 Å². The quantitative estimate of drug-likeness (QED) is 0.549. The van der Waals surface area contributed by atoms with Gasteiger partial charge < -0.3 is 5.43 Å². The number of sulfonamides is 1. The first-order valence-electron chi connectivity index (χ1n) is 6.11. The zero-order chi connectivity index (χ0) is 13.7. The molecule has 0 saturated carbocycles. The average molecular weight is 302 g/mol. The molecule has 19 heavy (non-hydrogen) atoms. The number of hydrazine groups is 1. The van der Waals surface area contributed by atoms with Crippen molar-refractivity contribution in [3.8, 4) is 0 Å². The van der Waals surface area contributed by atoms with Gasteiger partial charge in [-0.05, 0) is 36.3 Å². The van der Waals surface area contributed by atoms with Crippen LogP contribution in [-0.4, -0.2) is 31.5 Å². The largest absolute Gasteiger partial charge is 0.323 e. The van der Waals surface area contributed by atoms with Crippen molar-refractivity contribution >= 4 is 27.5 Å². The first-order valence-corrected chi connectivity index (χ1v) is 8.75. The lowest BCUT2D eigenvalue weighted by Gasteiger charge is -2.21. The molecule has 0 unspecified atom stereocenters. The Morgan fingerprint density at radius 1 is 1.42 bits per heavy atom. The second kappa shape index (κ2) is 6.56. The van der Waals surface area contributed by atoms with Gasteiger partial charge in [0.2, 0.25) is 10.0 Å². The SMILES string of the molecule is NNc1ccncc1S(=O)(=O)NCC1CCSCC1. The molecule has 1 aromatic rings. The molecule has 4 N–H and O–H groups in total.